The van der Waals surface area contributed by atoms with Crippen LogP contribution in [0.2, 0.25) is 0 Å². The highest BCUT2D eigenvalue weighted by Crippen LogP contribution is 2.40. The Hall–Kier alpha value is -2.49. The zero-order chi connectivity index (χ0) is 16.3. The SMILES string of the molecule is Cc1ccc(C(O)C(O)(c2ccccc2)c2cccnc2)cc1. The van der Waals surface area contributed by atoms with Gasteiger partial charge >= 0.3 is 0 Å². The monoisotopic (exact) mass is 305 g/mol. The Morgan fingerprint density at radius 3 is 2.13 bits per heavy atom. The van der Waals surface area contributed by atoms with Crippen LogP contribution in [0.1, 0.15) is 28.4 Å². The van der Waals surface area contributed by atoms with Crippen molar-refractivity contribution in [3.63, 3.8) is 0 Å². The first-order valence-corrected chi connectivity index (χ1v) is 7.55. The third-order valence-corrected chi connectivity index (χ3v) is 4.10. The van der Waals surface area contributed by atoms with Crippen LogP contribution in [0.15, 0.2) is 79.1 Å². The molecule has 0 amide bonds. The number of hydrogen-bond acceptors (Lipinski definition) is 3. The standard InChI is InChI=1S/C20H19NO2/c1-15-9-11-16(12-10-15)19(22)20(23,17-6-3-2-4-7-17)18-8-5-13-21-14-18/h2-14,19,22-23H,1H3. The number of nitrogens with zero attached hydrogens (tertiary/aromatic N) is 1. The van der Waals surface area contributed by atoms with Gasteiger partial charge in [0.05, 0.1) is 0 Å². The van der Waals surface area contributed by atoms with Crippen molar-refractivity contribution < 1.29 is 10.2 Å². The van der Waals surface area contributed by atoms with E-state index in [1.807, 2.05) is 61.5 Å². The van der Waals surface area contributed by atoms with Crippen LogP contribution >= 0.6 is 0 Å². The van der Waals surface area contributed by atoms with Crippen LogP contribution in [-0.4, -0.2) is 15.2 Å². The Labute approximate surface area is 135 Å². The summed E-state index contributed by atoms with van der Waals surface area (Å²) in [5.41, 5.74) is 1.38. The zero-order valence-electron chi connectivity index (χ0n) is 12.9. The van der Waals surface area contributed by atoms with Crippen LogP contribution in [0.25, 0.3) is 0 Å². The van der Waals surface area contributed by atoms with Gasteiger partial charge in [0.2, 0.25) is 0 Å². The lowest BCUT2D eigenvalue weighted by Crippen LogP contribution is -2.35. The smallest absolute Gasteiger partial charge is 0.146 e. The topological polar surface area (TPSA) is 53.4 Å². The van der Waals surface area contributed by atoms with Crippen LogP contribution in [0.5, 0.6) is 0 Å². The molecule has 2 aromatic carbocycles. The minimum absolute atomic E-state index is 0.555. The maximum Gasteiger partial charge on any atom is 0.146 e. The molecule has 23 heavy (non-hydrogen) atoms. The first-order chi connectivity index (χ1) is 11.1. The van der Waals surface area contributed by atoms with E-state index in [2.05, 4.69) is 4.98 Å². The summed E-state index contributed by atoms with van der Waals surface area (Å²) in [6, 6.07) is 20.2. The summed E-state index contributed by atoms with van der Waals surface area (Å²) in [7, 11) is 0. The lowest BCUT2D eigenvalue weighted by atomic mass is 9.79. The summed E-state index contributed by atoms with van der Waals surface area (Å²) in [6.45, 7) is 1.99. The maximum atomic E-state index is 11.5. The second kappa shape index (κ2) is 6.32. The summed E-state index contributed by atoms with van der Waals surface area (Å²) >= 11 is 0. The highest BCUT2D eigenvalue weighted by Gasteiger charge is 2.40. The molecule has 0 bridgehead atoms. The molecule has 0 spiro atoms. The van der Waals surface area contributed by atoms with Gasteiger partial charge in [-0.15, -0.1) is 0 Å². The summed E-state index contributed by atoms with van der Waals surface area (Å²) in [5, 5.41) is 22.4. The molecule has 3 aromatic rings. The number of benzene rings is 2. The largest absolute Gasteiger partial charge is 0.385 e. The fourth-order valence-electron chi connectivity index (χ4n) is 2.75. The second-order valence-electron chi connectivity index (χ2n) is 5.69. The maximum absolute atomic E-state index is 11.5. The Balaban J connectivity index is 2.14. The molecule has 0 aliphatic carbocycles. The van der Waals surface area contributed by atoms with Crippen molar-refractivity contribution in [2.45, 2.75) is 18.6 Å². The normalized spacial score (nSPS) is 14.9. The van der Waals surface area contributed by atoms with Gasteiger partial charge in [-0.25, -0.2) is 0 Å². The van der Waals surface area contributed by atoms with Gasteiger partial charge in [0.1, 0.15) is 11.7 Å². The van der Waals surface area contributed by atoms with Crippen molar-refractivity contribution in [3.05, 3.63) is 101 Å². The highest BCUT2D eigenvalue weighted by molar-refractivity contribution is 5.39. The van der Waals surface area contributed by atoms with Crippen molar-refractivity contribution in [2.75, 3.05) is 0 Å². The molecule has 1 heterocycles. The number of hydrogen-bond donors (Lipinski definition) is 2. The van der Waals surface area contributed by atoms with Crippen LogP contribution in [0.4, 0.5) is 0 Å². The van der Waals surface area contributed by atoms with E-state index in [4.69, 9.17) is 0 Å². The fourth-order valence-corrected chi connectivity index (χ4v) is 2.75. The minimum Gasteiger partial charge on any atom is -0.385 e. The molecule has 3 heteroatoms. The Morgan fingerprint density at radius 1 is 0.870 bits per heavy atom. The molecule has 116 valence electrons. The van der Waals surface area contributed by atoms with E-state index in [-0.39, 0.29) is 0 Å². The first kappa shape index (κ1) is 15.4. The van der Waals surface area contributed by atoms with Gasteiger partial charge in [-0.05, 0) is 24.1 Å². The molecule has 0 fully saturated rings. The quantitative estimate of drug-likeness (QED) is 0.777. The van der Waals surface area contributed by atoms with Crippen molar-refractivity contribution in [1.82, 2.24) is 4.98 Å². The number of rotatable bonds is 4. The first-order valence-electron chi connectivity index (χ1n) is 7.55. The van der Waals surface area contributed by atoms with Gasteiger partial charge in [-0.1, -0.05) is 66.2 Å². The van der Waals surface area contributed by atoms with Crippen molar-refractivity contribution in [3.8, 4) is 0 Å². The summed E-state index contributed by atoms with van der Waals surface area (Å²) in [5.74, 6) is 0. The predicted octanol–water partition coefficient (Wildman–Crippen LogP) is 3.36. The molecule has 2 atom stereocenters. The van der Waals surface area contributed by atoms with E-state index in [1.54, 1.807) is 24.5 Å². The summed E-state index contributed by atoms with van der Waals surface area (Å²) < 4.78 is 0. The molecular weight excluding hydrogens is 286 g/mol. The van der Waals surface area contributed by atoms with Gasteiger partial charge in [0.25, 0.3) is 0 Å². The molecule has 0 aliphatic rings. The molecule has 0 aliphatic heterocycles. The van der Waals surface area contributed by atoms with E-state index in [0.717, 1.165) is 5.56 Å². The van der Waals surface area contributed by atoms with E-state index < -0.39 is 11.7 Å². The number of aromatic nitrogens is 1. The number of aryl methyl sites for hydroxylation is 1. The van der Waals surface area contributed by atoms with Crippen molar-refractivity contribution in [2.24, 2.45) is 0 Å². The van der Waals surface area contributed by atoms with E-state index in [1.165, 1.54) is 0 Å². The van der Waals surface area contributed by atoms with Crippen LogP contribution in [0.3, 0.4) is 0 Å². The van der Waals surface area contributed by atoms with Crippen molar-refractivity contribution in [1.29, 1.82) is 0 Å². The van der Waals surface area contributed by atoms with E-state index in [9.17, 15) is 10.2 Å². The predicted molar refractivity (Wildman–Crippen MR) is 89.8 cm³/mol. The number of pyridine rings is 1. The molecule has 2 N–H and O–H groups in total. The molecule has 1 aromatic heterocycles. The lowest BCUT2D eigenvalue weighted by Gasteiger charge is -2.34. The number of aliphatic hydroxyl groups excluding tert-OH is 1. The average molecular weight is 305 g/mol. The third-order valence-electron chi connectivity index (χ3n) is 4.10. The molecule has 3 rings (SSSR count). The highest BCUT2D eigenvalue weighted by atomic mass is 16.3. The van der Waals surface area contributed by atoms with E-state index in [0.29, 0.717) is 16.7 Å². The number of aliphatic hydroxyl groups is 2. The Bertz CT molecular complexity index is 715. The van der Waals surface area contributed by atoms with Crippen molar-refractivity contribution >= 4 is 0 Å². The average Bonchev–Trinajstić information content (AvgIpc) is 2.62. The fraction of sp³-hybridized carbons (Fsp3) is 0.150. The van der Waals surface area contributed by atoms with Crippen LogP contribution < -0.4 is 0 Å². The van der Waals surface area contributed by atoms with Crippen LogP contribution in [-0.2, 0) is 5.60 Å². The molecule has 0 saturated carbocycles. The minimum atomic E-state index is -1.56. The third kappa shape index (κ3) is 2.89. The second-order valence-corrected chi connectivity index (χ2v) is 5.69. The van der Waals surface area contributed by atoms with Gasteiger partial charge in [-0.3, -0.25) is 4.98 Å². The van der Waals surface area contributed by atoms with Gasteiger partial charge in [0.15, 0.2) is 0 Å². The van der Waals surface area contributed by atoms with E-state index >= 15 is 0 Å². The molecule has 3 nitrogen and oxygen atoms in total. The molecule has 0 radical (unpaired) electrons. The zero-order valence-corrected chi connectivity index (χ0v) is 12.9. The lowest BCUT2D eigenvalue weighted by molar-refractivity contribution is -0.0519. The summed E-state index contributed by atoms with van der Waals surface area (Å²) in [4.78, 5) is 4.10. The Kier molecular flexibility index (Phi) is 4.24. The van der Waals surface area contributed by atoms with Gasteiger partial charge < -0.3 is 10.2 Å². The molecular formula is C20H19NO2. The molecule has 0 saturated heterocycles. The van der Waals surface area contributed by atoms with Gasteiger partial charge in [-0.2, -0.15) is 0 Å². The molecule has 2 unspecified atom stereocenters. The Morgan fingerprint density at radius 2 is 1.52 bits per heavy atom. The van der Waals surface area contributed by atoms with Crippen LogP contribution in [0, 0.1) is 6.92 Å². The summed E-state index contributed by atoms with van der Waals surface area (Å²) in [6.07, 6.45) is 2.13. The van der Waals surface area contributed by atoms with Gasteiger partial charge in [0, 0.05) is 18.0 Å².